The van der Waals surface area contributed by atoms with Crippen molar-refractivity contribution in [2.45, 2.75) is 46.1 Å². The molecule has 3 N–H and O–H groups in total. The summed E-state index contributed by atoms with van der Waals surface area (Å²) in [4.78, 5) is 23.4. The minimum absolute atomic E-state index is 0.0182. The van der Waals surface area contributed by atoms with Crippen molar-refractivity contribution in [1.82, 2.24) is 5.32 Å². The number of rotatable bonds is 6. The van der Waals surface area contributed by atoms with Crippen LogP contribution in [0.3, 0.4) is 0 Å². The fraction of sp³-hybridized carbons (Fsp3) is 0.500. The van der Waals surface area contributed by atoms with Gasteiger partial charge in [-0.3, -0.25) is 9.59 Å². The summed E-state index contributed by atoms with van der Waals surface area (Å²) in [5, 5.41) is 8.74. The Balaban J connectivity index is 2.56. The summed E-state index contributed by atoms with van der Waals surface area (Å²) in [6.07, 6.45) is 1.30. The lowest BCUT2D eigenvalue weighted by atomic mass is 10.1. The van der Waals surface area contributed by atoms with Gasteiger partial charge in [0.1, 0.15) is 0 Å². The average Bonchev–Trinajstić information content (AvgIpc) is 2.36. The van der Waals surface area contributed by atoms with Gasteiger partial charge in [0.2, 0.25) is 11.8 Å². The summed E-state index contributed by atoms with van der Waals surface area (Å²) < 4.78 is 0. The van der Waals surface area contributed by atoms with Gasteiger partial charge in [-0.25, -0.2) is 0 Å². The van der Waals surface area contributed by atoms with Crippen molar-refractivity contribution < 1.29 is 9.59 Å². The molecule has 1 aromatic carbocycles. The molecule has 1 aromatic rings. The molecule has 0 aromatic heterocycles. The van der Waals surface area contributed by atoms with E-state index in [1.54, 1.807) is 24.3 Å². The van der Waals surface area contributed by atoms with Crippen LogP contribution in [-0.2, 0) is 9.59 Å². The highest BCUT2D eigenvalue weighted by Gasteiger charge is 2.11. The van der Waals surface area contributed by atoms with Crippen molar-refractivity contribution in [2.24, 2.45) is 0 Å². The second kappa shape index (κ2) is 7.78. The van der Waals surface area contributed by atoms with Crippen LogP contribution in [0.25, 0.3) is 0 Å². The van der Waals surface area contributed by atoms with Crippen LogP contribution >= 0.6 is 0 Å². The molecule has 0 bridgehead atoms. The zero-order valence-electron chi connectivity index (χ0n) is 13.2. The molecule has 116 valence electrons. The maximum absolute atomic E-state index is 11.8. The fourth-order valence-corrected chi connectivity index (χ4v) is 1.68. The van der Waals surface area contributed by atoms with E-state index in [9.17, 15) is 9.59 Å². The molecule has 0 saturated heterocycles. The molecule has 0 heterocycles. The Morgan fingerprint density at radius 2 is 1.62 bits per heavy atom. The highest BCUT2D eigenvalue weighted by Crippen LogP contribution is 2.15. The molecule has 5 heteroatoms. The first kappa shape index (κ1) is 17.2. The van der Waals surface area contributed by atoms with E-state index < -0.39 is 0 Å². The quantitative estimate of drug-likeness (QED) is 0.755. The van der Waals surface area contributed by atoms with Crippen LogP contribution in [0.15, 0.2) is 24.3 Å². The number of benzene rings is 1. The van der Waals surface area contributed by atoms with Gasteiger partial charge in [-0.05, 0) is 45.4 Å². The van der Waals surface area contributed by atoms with Crippen molar-refractivity contribution in [3.63, 3.8) is 0 Å². The number of nitrogens with one attached hydrogen (secondary N) is 3. The topological polar surface area (TPSA) is 70.2 Å². The van der Waals surface area contributed by atoms with Crippen molar-refractivity contribution in [3.8, 4) is 0 Å². The van der Waals surface area contributed by atoms with Gasteiger partial charge in [0, 0.05) is 23.3 Å². The lowest BCUT2D eigenvalue weighted by Gasteiger charge is -2.20. The third-order valence-corrected chi connectivity index (χ3v) is 2.69. The van der Waals surface area contributed by atoms with Crippen LogP contribution in [0.2, 0.25) is 0 Å². The lowest BCUT2D eigenvalue weighted by molar-refractivity contribution is -0.116. The van der Waals surface area contributed by atoms with Gasteiger partial charge >= 0.3 is 0 Å². The third kappa shape index (κ3) is 7.46. The van der Waals surface area contributed by atoms with Crippen molar-refractivity contribution in [3.05, 3.63) is 24.3 Å². The van der Waals surface area contributed by atoms with Crippen molar-refractivity contribution >= 4 is 23.2 Å². The van der Waals surface area contributed by atoms with Crippen LogP contribution in [-0.4, -0.2) is 23.9 Å². The van der Waals surface area contributed by atoms with Gasteiger partial charge in [0.25, 0.3) is 0 Å². The Kier molecular flexibility index (Phi) is 6.37. The molecule has 0 atom stereocenters. The standard InChI is InChI=1S/C16H25N3O2/c1-5-7-14(20)18-12-8-6-9-13(10-12)19-15(21)11-17-16(2,3)4/h6,8-10,17H,5,7,11H2,1-4H3,(H,18,20)(H,19,21). The predicted molar refractivity (Wildman–Crippen MR) is 86.4 cm³/mol. The van der Waals surface area contributed by atoms with Gasteiger partial charge in [-0.15, -0.1) is 0 Å². The predicted octanol–water partition coefficient (Wildman–Crippen LogP) is 2.75. The molecule has 0 aliphatic carbocycles. The zero-order chi connectivity index (χ0) is 15.9. The normalized spacial score (nSPS) is 11.0. The smallest absolute Gasteiger partial charge is 0.238 e. The Bertz CT molecular complexity index is 493. The molecule has 2 amide bonds. The molecule has 0 saturated carbocycles. The molecule has 21 heavy (non-hydrogen) atoms. The van der Waals surface area contributed by atoms with Gasteiger partial charge in [-0.1, -0.05) is 13.0 Å². The van der Waals surface area contributed by atoms with E-state index in [1.165, 1.54) is 0 Å². The van der Waals surface area contributed by atoms with E-state index in [4.69, 9.17) is 0 Å². The summed E-state index contributed by atoms with van der Waals surface area (Å²) in [6.45, 7) is 8.22. The maximum Gasteiger partial charge on any atom is 0.238 e. The molecule has 0 unspecified atom stereocenters. The summed E-state index contributed by atoms with van der Waals surface area (Å²) in [7, 11) is 0. The lowest BCUT2D eigenvalue weighted by Crippen LogP contribution is -2.41. The summed E-state index contributed by atoms with van der Waals surface area (Å²) in [5.41, 5.74) is 1.26. The second-order valence-corrected chi connectivity index (χ2v) is 6.03. The van der Waals surface area contributed by atoms with E-state index in [2.05, 4.69) is 16.0 Å². The molecule has 0 radical (unpaired) electrons. The van der Waals surface area contributed by atoms with Crippen LogP contribution in [0.1, 0.15) is 40.5 Å². The van der Waals surface area contributed by atoms with E-state index >= 15 is 0 Å². The first-order chi connectivity index (χ1) is 9.80. The first-order valence-corrected chi connectivity index (χ1v) is 7.25. The average molecular weight is 291 g/mol. The van der Waals surface area contributed by atoms with E-state index in [0.717, 1.165) is 6.42 Å². The minimum Gasteiger partial charge on any atom is -0.326 e. The number of hydrogen-bond acceptors (Lipinski definition) is 3. The van der Waals surface area contributed by atoms with E-state index in [1.807, 2.05) is 27.7 Å². The van der Waals surface area contributed by atoms with Gasteiger partial charge in [0.05, 0.1) is 6.54 Å². The Hall–Kier alpha value is -1.88. The molecule has 0 spiro atoms. The summed E-state index contributed by atoms with van der Waals surface area (Å²) in [5.74, 6) is -0.127. The number of hydrogen-bond donors (Lipinski definition) is 3. The third-order valence-electron chi connectivity index (χ3n) is 2.69. The zero-order valence-corrected chi connectivity index (χ0v) is 13.2. The van der Waals surface area contributed by atoms with Crippen LogP contribution in [0.5, 0.6) is 0 Å². The molecular formula is C16H25N3O2. The second-order valence-electron chi connectivity index (χ2n) is 6.03. The highest BCUT2D eigenvalue weighted by atomic mass is 16.2. The SMILES string of the molecule is CCCC(=O)Nc1cccc(NC(=O)CNC(C)(C)C)c1. The first-order valence-electron chi connectivity index (χ1n) is 7.25. The van der Waals surface area contributed by atoms with Crippen LogP contribution in [0.4, 0.5) is 11.4 Å². The molecule has 0 aliphatic heterocycles. The van der Waals surface area contributed by atoms with Crippen LogP contribution in [0, 0.1) is 0 Å². The fourth-order valence-electron chi connectivity index (χ4n) is 1.68. The summed E-state index contributed by atoms with van der Waals surface area (Å²) in [6, 6.07) is 7.15. The van der Waals surface area contributed by atoms with Gasteiger partial charge < -0.3 is 16.0 Å². The number of carbonyl (C=O) groups excluding carboxylic acids is 2. The van der Waals surface area contributed by atoms with Crippen molar-refractivity contribution in [1.29, 1.82) is 0 Å². The van der Waals surface area contributed by atoms with Gasteiger partial charge in [-0.2, -0.15) is 0 Å². The molecule has 1 rings (SSSR count). The largest absolute Gasteiger partial charge is 0.326 e. The number of carbonyl (C=O) groups is 2. The maximum atomic E-state index is 11.8. The minimum atomic E-state index is -0.109. The number of anilines is 2. The molecule has 5 nitrogen and oxygen atoms in total. The Morgan fingerprint density at radius 3 is 2.14 bits per heavy atom. The van der Waals surface area contributed by atoms with Crippen LogP contribution < -0.4 is 16.0 Å². The molecular weight excluding hydrogens is 266 g/mol. The van der Waals surface area contributed by atoms with E-state index in [-0.39, 0.29) is 23.9 Å². The number of amides is 2. The van der Waals surface area contributed by atoms with E-state index in [0.29, 0.717) is 17.8 Å². The molecule has 0 aliphatic rings. The monoisotopic (exact) mass is 291 g/mol. The Labute approximate surface area is 126 Å². The van der Waals surface area contributed by atoms with Gasteiger partial charge in [0.15, 0.2) is 0 Å². The Morgan fingerprint density at radius 1 is 1.05 bits per heavy atom. The highest BCUT2D eigenvalue weighted by molar-refractivity contribution is 5.94. The molecule has 0 fully saturated rings. The van der Waals surface area contributed by atoms with Crippen molar-refractivity contribution in [2.75, 3.05) is 17.2 Å². The summed E-state index contributed by atoms with van der Waals surface area (Å²) >= 11 is 0.